The highest BCUT2D eigenvalue weighted by atomic mass is 32.1. The van der Waals surface area contributed by atoms with Gasteiger partial charge in [0.15, 0.2) is 5.13 Å². The molecule has 1 rings (SSSR count). The van der Waals surface area contributed by atoms with Crippen LogP contribution in [0.2, 0.25) is 0 Å². The van der Waals surface area contributed by atoms with Crippen LogP contribution in [0.5, 0.6) is 0 Å². The number of unbranched alkanes of at least 4 members (excludes halogenated alkanes) is 2. The summed E-state index contributed by atoms with van der Waals surface area (Å²) in [5.74, 6) is 0. The quantitative estimate of drug-likeness (QED) is 0.712. The van der Waals surface area contributed by atoms with Gasteiger partial charge in [-0.2, -0.15) is 0 Å². The van der Waals surface area contributed by atoms with Gasteiger partial charge in [0.05, 0.1) is 0 Å². The predicted octanol–water partition coefficient (Wildman–Crippen LogP) is 2.92. The van der Waals surface area contributed by atoms with Crippen LogP contribution in [0.3, 0.4) is 0 Å². The average Bonchev–Trinajstić information content (AvgIpc) is 2.53. The van der Waals surface area contributed by atoms with Crippen LogP contribution in [0.4, 0.5) is 5.13 Å². The number of aryl methyl sites for hydroxylation is 1. The smallest absolute Gasteiger partial charge is 0.182 e. The Morgan fingerprint density at radius 2 is 2.33 bits per heavy atom. The minimum Gasteiger partial charge on any atom is -0.365 e. The standard InChI is InChI=1S/C9H16N2S/c1-3-4-5-6-8-7-11-9(10-2)12-8/h7H,3-6H2,1-2H3,(H,10,11). The molecular formula is C9H16N2S. The lowest BCUT2D eigenvalue weighted by molar-refractivity contribution is 0.722. The van der Waals surface area contributed by atoms with Crippen LogP contribution >= 0.6 is 11.3 Å². The number of rotatable bonds is 5. The van der Waals surface area contributed by atoms with Crippen LogP contribution in [-0.4, -0.2) is 12.0 Å². The monoisotopic (exact) mass is 184 g/mol. The summed E-state index contributed by atoms with van der Waals surface area (Å²) < 4.78 is 0. The van der Waals surface area contributed by atoms with E-state index in [2.05, 4.69) is 17.2 Å². The maximum Gasteiger partial charge on any atom is 0.182 e. The number of thiazole rings is 1. The molecule has 0 aliphatic rings. The fourth-order valence-corrected chi connectivity index (χ4v) is 1.90. The van der Waals surface area contributed by atoms with E-state index in [-0.39, 0.29) is 0 Å². The second-order valence-corrected chi connectivity index (χ2v) is 3.95. The molecule has 1 aromatic rings. The van der Waals surface area contributed by atoms with E-state index in [9.17, 15) is 0 Å². The third-order valence-corrected chi connectivity index (χ3v) is 2.87. The highest BCUT2D eigenvalue weighted by Gasteiger charge is 1.98. The largest absolute Gasteiger partial charge is 0.365 e. The maximum atomic E-state index is 4.22. The van der Waals surface area contributed by atoms with Crippen LogP contribution in [0.1, 0.15) is 31.1 Å². The second kappa shape index (κ2) is 5.14. The Kier molecular flexibility index (Phi) is 4.08. The molecule has 0 radical (unpaired) electrons. The molecule has 0 atom stereocenters. The van der Waals surface area contributed by atoms with Crippen molar-refractivity contribution in [2.75, 3.05) is 12.4 Å². The normalized spacial score (nSPS) is 10.2. The number of hydrogen-bond acceptors (Lipinski definition) is 3. The summed E-state index contributed by atoms with van der Waals surface area (Å²) in [4.78, 5) is 5.62. The molecule has 2 nitrogen and oxygen atoms in total. The van der Waals surface area contributed by atoms with Crippen molar-refractivity contribution >= 4 is 16.5 Å². The minimum atomic E-state index is 1.03. The van der Waals surface area contributed by atoms with Crippen molar-refractivity contribution in [1.82, 2.24) is 4.98 Å². The van der Waals surface area contributed by atoms with Crippen LogP contribution in [-0.2, 0) is 6.42 Å². The first kappa shape index (κ1) is 9.52. The van der Waals surface area contributed by atoms with E-state index in [1.165, 1.54) is 30.6 Å². The molecule has 0 aliphatic carbocycles. The molecule has 1 N–H and O–H groups in total. The molecule has 0 unspecified atom stereocenters. The first-order chi connectivity index (χ1) is 5.86. The van der Waals surface area contributed by atoms with Gasteiger partial charge in [0.25, 0.3) is 0 Å². The van der Waals surface area contributed by atoms with Crippen molar-refractivity contribution in [2.45, 2.75) is 32.6 Å². The fraction of sp³-hybridized carbons (Fsp3) is 0.667. The summed E-state index contributed by atoms with van der Waals surface area (Å²) in [6, 6.07) is 0. The number of hydrogen-bond donors (Lipinski definition) is 1. The molecule has 0 bridgehead atoms. The molecular weight excluding hydrogens is 168 g/mol. The highest BCUT2D eigenvalue weighted by Crippen LogP contribution is 2.19. The molecule has 1 aromatic heterocycles. The zero-order valence-corrected chi connectivity index (χ0v) is 8.58. The molecule has 0 amide bonds. The fourth-order valence-electron chi connectivity index (χ4n) is 1.09. The van der Waals surface area contributed by atoms with Gasteiger partial charge >= 0.3 is 0 Å². The third kappa shape index (κ3) is 2.81. The molecule has 3 heteroatoms. The number of aromatic nitrogens is 1. The molecule has 0 saturated carbocycles. The van der Waals surface area contributed by atoms with Crippen molar-refractivity contribution in [3.63, 3.8) is 0 Å². The molecule has 0 saturated heterocycles. The second-order valence-electron chi connectivity index (χ2n) is 2.84. The summed E-state index contributed by atoms with van der Waals surface area (Å²) in [6.45, 7) is 2.23. The topological polar surface area (TPSA) is 24.9 Å². The number of nitrogens with one attached hydrogen (secondary N) is 1. The van der Waals surface area contributed by atoms with Crippen LogP contribution < -0.4 is 5.32 Å². The summed E-state index contributed by atoms with van der Waals surface area (Å²) >= 11 is 1.76. The zero-order valence-electron chi connectivity index (χ0n) is 7.76. The lowest BCUT2D eigenvalue weighted by Crippen LogP contribution is -1.83. The summed E-state index contributed by atoms with van der Waals surface area (Å²) in [6.07, 6.45) is 7.08. The molecule has 0 aliphatic heterocycles. The van der Waals surface area contributed by atoms with Crippen LogP contribution in [0.15, 0.2) is 6.20 Å². The molecule has 12 heavy (non-hydrogen) atoms. The van der Waals surface area contributed by atoms with Crippen molar-refractivity contribution in [2.24, 2.45) is 0 Å². The molecule has 68 valence electrons. The molecule has 1 heterocycles. The van der Waals surface area contributed by atoms with Gasteiger partial charge in [0.2, 0.25) is 0 Å². The Labute approximate surface area is 78.0 Å². The Hall–Kier alpha value is -0.570. The van der Waals surface area contributed by atoms with E-state index in [1.54, 1.807) is 11.3 Å². The lowest BCUT2D eigenvalue weighted by Gasteiger charge is -1.93. The Bertz CT molecular complexity index is 220. The van der Waals surface area contributed by atoms with Crippen molar-refractivity contribution in [3.05, 3.63) is 11.1 Å². The van der Waals surface area contributed by atoms with Gasteiger partial charge in [-0.25, -0.2) is 4.98 Å². The molecule has 0 fully saturated rings. The van der Waals surface area contributed by atoms with Crippen molar-refractivity contribution < 1.29 is 0 Å². The SMILES string of the molecule is CCCCCc1cnc(NC)s1. The van der Waals surface area contributed by atoms with Crippen LogP contribution in [0.25, 0.3) is 0 Å². The summed E-state index contributed by atoms with van der Waals surface area (Å²) in [5, 5.41) is 4.07. The molecule has 0 spiro atoms. The summed E-state index contributed by atoms with van der Waals surface area (Å²) in [7, 11) is 1.91. The van der Waals surface area contributed by atoms with E-state index in [1.807, 2.05) is 13.2 Å². The van der Waals surface area contributed by atoms with E-state index < -0.39 is 0 Å². The molecule has 0 aromatic carbocycles. The Morgan fingerprint density at radius 1 is 1.50 bits per heavy atom. The first-order valence-electron chi connectivity index (χ1n) is 4.49. The maximum absolute atomic E-state index is 4.22. The number of anilines is 1. The highest BCUT2D eigenvalue weighted by molar-refractivity contribution is 7.15. The van der Waals surface area contributed by atoms with Gasteiger partial charge in [-0.1, -0.05) is 19.8 Å². The minimum absolute atomic E-state index is 1.03. The number of nitrogens with zero attached hydrogens (tertiary/aromatic N) is 1. The van der Waals surface area contributed by atoms with E-state index >= 15 is 0 Å². The predicted molar refractivity (Wildman–Crippen MR) is 54.9 cm³/mol. The van der Waals surface area contributed by atoms with Gasteiger partial charge < -0.3 is 5.32 Å². The van der Waals surface area contributed by atoms with E-state index in [0.29, 0.717) is 0 Å². The van der Waals surface area contributed by atoms with E-state index in [0.717, 1.165) is 5.13 Å². The first-order valence-corrected chi connectivity index (χ1v) is 5.31. The van der Waals surface area contributed by atoms with Gasteiger partial charge in [-0.3, -0.25) is 0 Å². The zero-order chi connectivity index (χ0) is 8.81. The van der Waals surface area contributed by atoms with Gasteiger partial charge in [0, 0.05) is 18.1 Å². The van der Waals surface area contributed by atoms with E-state index in [4.69, 9.17) is 0 Å². The lowest BCUT2D eigenvalue weighted by atomic mass is 10.2. The van der Waals surface area contributed by atoms with Crippen molar-refractivity contribution in [3.8, 4) is 0 Å². The average molecular weight is 184 g/mol. The third-order valence-electron chi connectivity index (χ3n) is 1.79. The van der Waals surface area contributed by atoms with Crippen LogP contribution in [0, 0.1) is 0 Å². The van der Waals surface area contributed by atoms with Gasteiger partial charge in [-0.15, -0.1) is 11.3 Å². The van der Waals surface area contributed by atoms with Crippen molar-refractivity contribution in [1.29, 1.82) is 0 Å². The van der Waals surface area contributed by atoms with Gasteiger partial charge in [-0.05, 0) is 12.8 Å². The van der Waals surface area contributed by atoms with Gasteiger partial charge in [0.1, 0.15) is 0 Å². The summed E-state index contributed by atoms with van der Waals surface area (Å²) in [5.41, 5.74) is 0. The Balaban J connectivity index is 2.31. The Morgan fingerprint density at radius 3 is 2.92 bits per heavy atom.